The average molecular weight is 392 g/mol. The molecule has 0 radical (unpaired) electrons. The number of carbonyl (C=O) groups is 2. The van der Waals surface area contributed by atoms with Crippen LogP contribution in [0.1, 0.15) is 62.7 Å². The van der Waals surface area contributed by atoms with E-state index in [0.717, 1.165) is 44.2 Å². The van der Waals surface area contributed by atoms with E-state index >= 15 is 0 Å². The number of para-hydroxylation sites is 1. The molecule has 0 spiro atoms. The fourth-order valence-corrected chi connectivity index (χ4v) is 7.33. The molecule has 0 bridgehead atoms. The summed E-state index contributed by atoms with van der Waals surface area (Å²) in [4.78, 5) is 29.6. The molecule has 152 valence electrons. The van der Waals surface area contributed by atoms with Gasteiger partial charge in [0.25, 0.3) is 5.91 Å². The Morgan fingerprint density at radius 1 is 1.10 bits per heavy atom. The van der Waals surface area contributed by atoms with Crippen LogP contribution in [0.2, 0.25) is 0 Å². The Kier molecular flexibility index (Phi) is 4.13. The maximum absolute atomic E-state index is 13.4. The number of carbonyl (C=O) groups excluding carboxylic acids is 2. The number of hydrogen-bond acceptors (Lipinski definition) is 3. The molecule has 3 aliphatic carbocycles. The van der Waals surface area contributed by atoms with Gasteiger partial charge in [0.05, 0.1) is 5.56 Å². The second-order valence-electron chi connectivity index (χ2n) is 9.98. The van der Waals surface area contributed by atoms with Crippen molar-refractivity contribution in [3.05, 3.63) is 42.0 Å². The summed E-state index contributed by atoms with van der Waals surface area (Å²) >= 11 is 0. The van der Waals surface area contributed by atoms with Gasteiger partial charge in [-0.3, -0.25) is 9.59 Å². The topological polar surface area (TPSA) is 66.7 Å². The van der Waals surface area contributed by atoms with Crippen molar-refractivity contribution in [3.63, 3.8) is 0 Å². The minimum atomic E-state index is -0.120. The van der Waals surface area contributed by atoms with Crippen LogP contribution >= 0.6 is 0 Å². The van der Waals surface area contributed by atoms with Gasteiger partial charge < -0.3 is 5.11 Å². The first kappa shape index (κ1) is 18.8. The number of aromatic hydroxyl groups is 1. The molecular formula is C25H29NO3. The highest BCUT2D eigenvalue weighted by Gasteiger charge is 2.60. The number of dihydropyridines is 1. The predicted molar refractivity (Wildman–Crippen MR) is 112 cm³/mol. The molecule has 4 nitrogen and oxygen atoms in total. The summed E-state index contributed by atoms with van der Waals surface area (Å²) in [7, 11) is 0. The Morgan fingerprint density at radius 3 is 2.69 bits per heavy atom. The highest BCUT2D eigenvalue weighted by Crippen LogP contribution is 2.65. The van der Waals surface area contributed by atoms with Crippen molar-refractivity contribution < 1.29 is 14.7 Å². The smallest absolute Gasteiger partial charge is 0.269 e. The lowest BCUT2D eigenvalue weighted by Gasteiger charge is -2.56. The number of ketones is 1. The van der Waals surface area contributed by atoms with Gasteiger partial charge in [-0.1, -0.05) is 32.1 Å². The van der Waals surface area contributed by atoms with Crippen molar-refractivity contribution in [2.45, 2.75) is 52.4 Å². The SMILES string of the molecule is C[C@]12CC[C@H]3[C@@H](CCC4=NC(=O)C=C[C@@]43C)[C@@H]1CC[C@@H]2C(=O)c1ccccc1O. The summed E-state index contributed by atoms with van der Waals surface area (Å²) in [5.41, 5.74) is 1.41. The summed E-state index contributed by atoms with van der Waals surface area (Å²) in [5, 5.41) is 10.2. The Hall–Kier alpha value is -2.23. The number of aliphatic imine (C=N–C) groups is 1. The summed E-state index contributed by atoms with van der Waals surface area (Å²) in [6.07, 6.45) is 9.78. The van der Waals surface area contributed by atoms with Crippen molar-refractivity contribution in [1.29, 1.82) is 0 Å². The molecule has 6 atom stereocenters. The monoisotopic (exact) mass is 391 g/mol. The second kappa shape index (κ2) is 6.38. The molecule has 1 aromatic carbocycles. The number of nitrogens with zero attached hydrogens (tertiary/aromatic N) is 1. The van der Waals surface area contributed by atoms with Gasteiger partial charge in [-0.15, -0.1) is 0 Å². The van der Waals surface area contributed by atoms with Crippen molar-refractivity contribution >= 4 is 17.4 Å². The van der Waals surface area contributed by atoms with Crippen LogP contribution in [0.4, 0.5) is 0 Å². The molecule has 1 aromatic rings. The number of allylic oxidation sites excluding steroid dienone is 1. The molecular weight excluding hydrogens is 362 g/mol. The van der Waals surface area contributed by atoms with E-state index in [4.69, 9.17) is 0 Å². The quantitative estimate of drug-likeness (QED) is 0.724. The van der Waals surface area contributed by atoms with Gasteiger partial charge >= 0.3 is 0 Å². The number of fused-ring (bicyclic) bond motifs is 5. The van der Waals surface area contributed by atoms with E-state index < -0.39 is 0 Å². The average Bonchev–Trinajstić information content (AvgIpc) is 3.05. The van der Waals surface area contributed by atoms with Crippen molar-refractivity contribution in [1.82, 2.24) is 0 Å². The highest BCUT2D eigenvalue weighted by molar-refractivity contribution is 6.07. The number of benzene rings is 1. The molecule has 3 saturated carbocycles. The van der Waals surface area contributed by atoms with Crippen LogP contribution in [0.25, 0.3) is 0 Å². The Morgan fingerprint density at radius 2 is 1.90 bits per heavy atom. The maximum atomic E-state index is 13.4. The van der Waals surface area contributed by atoms with Crippen molar-refractivity contribution in [2.75, 3.05) is 0 Å². The van der Waals surface area contributed by atoms with Crippen LogP contribution in [0, 0.1) is 34.5 Å². The molecule has 5 rings (SSSR count). The molecule has 29 heavy (non-hydrogen) atoms. The predicted octanol–water partition coefficient (Wildman–Crippen LogP) is 4.97. The fourth-order valence-electron chi connectivity index (χ4n) is 7.33. The molecule has 1 amide bonds. The molecule has 0 saturated heterocycles. The third kappa shape index (κ3) is 2.60. The molecule has 0 unspecified atom stereocenters. The number of Topliss-reactive ketones (excluding diaryl/α,β-unsaturated/α-hetero) is 1. The van der Waals surface area contributed by atoms with Gasteiger partial charge in [-0.25, -0.2) is 4.99 Å². The molecule has 4 heteroatoms. The van der Waals surface area contributed by atoms with Crippen LogP contribution in [-0.2, 0) is 4.79 Å². The lowest BCUT2D eigenvalue weighted by atomic mass is 9.48. The molecule has 4 aliphatic rings. The Balaban J connectivity index is 1.45. The third-order valence-electron chi connectivity index (χ3n) is 8.85. The summed E-state index contributed by atoms with van der Waals surface area (Å²) in [5.74, 6) is 1.65. The Labute approximate surface area is 172 Å². The number of rotatable bonds is 2. The van der Waals surface area contributed by atoms with Crippen LogP contribution in [0.3, 0.4) is 0 Å². The fraction of sp³-hybridized carbons (Fsp3) is 0.560. The first-order valence-electron chi connectivity index (χ1n) is 11.0. The zero-order valence-electron chi connectivity index (χ0n) is 17.2. The van der Waals surface area contributed by atoms with E-state index in [-0.39, 0.29) is 34.2 Å². The molecule has 3 fully saturated rings. The van der Waals surface area contributed by atoms with E-state index in [9.17, 15) is 14.7 Å². The number of phenols is 1. The van der Waals surface area contributed by atoms with Gasteiger partial charge in [0.1, 0.15) is 5.75 Å². The molecule has 1 aliphatic heterocycles. The molecule has 1 N–H and O–H groups in total. The van der Waals surface area contributed by atoms with Gasteiger partial charge in [0.15, 0.2) is 5.78 Å². The largest absolute Gasteiger partial charge is 0.507 e. The standard InChI is InChI=1S/C25H29NO3/c1-24-13-11-18-15(7-10-21-25(18,2)14-12-22(28)26-21)17(24)8-9-19(24)23(29)16-5-3-4-6-20(16)27/h3-6,12,14-15,17-19,27H,7-11,13H2,1-2H3/t15-,17-,18-,19+,24-,25+/m0/s1. The lowest BCUT2D eigenvalue weighted by Crippen LogP contribution is -2.52. The molecule has 0 aromatic heterocycles. The third-order valence-corrected chi connectivity index (χ3v) is 8.85. The number of phenolic OH excluding ortho intramolecular Hbond substituents is 1. The summed E-state index contributed by atoms with van der Waals surface area (Å²) in [6.45, 7) is 4.57. The molecule has 1 heterocycles. The lowest BCUT2D eigenvalue weighted by molar-refractivity contribution is -0.113. The summed E-state index contributed by atoms with van der Waals surface area (Å²) in [6, 6.07) is 6.96. The van der Waals surface area contributed by atoms with E-state index in [2.05, 4.69) is 24.9 Å². The number of hydrogen-bond donors (Lipinski definition) is 1. The Bertz CT molecular complexity index is 947. The number of amides is 1. The van der Waals surface area contributed by atoms with Crippen LogP contribution < -0.4 is 0 Å². The van der Waals surface area contributed by atoms with Crippen LogP contribution in [0.5, 0.6) is 5.75 Å². The maximum Gasteiger partial charge on any atom is 0.269 e. The first-order valence-corrected chi connectivity index (χ1v) is 11.0. The minimum absolute atomic E-state index is 0.0141. The second-order valence-corrected chi connectivity index (χ2v) is 9.98. The highest BCUT2D eigenvalue weighted by atomic mass is 16.3. The van der Waals surface area contributed by atoms with Gasteiger partial charge in [-0.05, 0) is 73.8 Å². The van der Waals surface area contributed by atoms with Crippen LogP contribution in [0.15, 0.2) is 41.4 Å². The summed E-state index contributed by atoms with van der Waals surface area (Å²) < 4.78 is 0. The van der Waals surface area contributed by atoms with E-state index in [1.165, 1.54) is 0 Å². The minimum Gasteiger partial charge on any atom is -0.507 e. The van der Waals surface area contributed by atoms with Gasteiger partial charge in [0, 0.05) is 23.1 Å². The van der Waals surface area contributed by atoms with Crippen molar-refractivity contribution in [3.8, 4) is 5.75 Å². The van der Waals surface area contributed by atoms with E-state index in [1.54, 1.807) is 24.3 Å². The van der Waals surface area contributed by atoms with E-state index in [1.807, 2.05) is 6.07 Å². The zero-order valence-corrected chi connectivity index (χ0v) is 17.2. The van der Waals surface area contributed by atoms with Crippen molar-refractivity contribution in [2.24, 2.45) is 39.5 Å². The van der Waals surface area contributed by atoms with Gasteiger partial charge in [-0.2, -0.15) is 0 Å². The first-order chi connectivity index (χ1) is 13.8. The van der Waals surface area contributed by atoms with Gasteiger partial charge in [0.2, 0.25) is 0 Å². The van der Waals surface area contributed by atoms with E-state index in [0.29, 0.717) is 23.3 Å². The van der Waals surface area contributed by atoms with Crippen LogP contribution in [-0.4, -0.2) is 22.5 Å². The zero-order chi connectivity index (χ0) is 20.4. The normalized spacial score (nSPS) is 40.6.